The van der Waals surface area contributed by atoms with Crippen molar-refractivity contribution < 1.29 is 9.84 Å². The van der Waals surface area contributed by atoms with Crippen molar-refractivity contribution in [2.24, 2.45) is 0 Å². The summed E-state index contributed by atoms with van der Waals surface area (Å²) in [5.74, 6) is 0.881. The largest absolute Gasteiger partial charge is 0.389 e. The number of aromatic nitrogens is 3. The molecule has 1 N–H and O–H groups in total. The van der Waals surface area contributed by atoms with E-state index in [0.29, 0.717) is 32.5 Å². The molecule has 2 heterocycles. The summed E-state index contributed by atoms with van der Waals surface area (Å²) in [5, 5.41) is 14.5. The molecule has 1 aromatic heterocycles. The lowest BCUT2D eigenvalue weighted by atomic mass is 9.90. The van der Waals surface area contributed by atoms with Gasteiger partial charge in [-0.2, -0.15) is 5.10 Å². The number of ether oxygens (including phenoxy) is 1. The summed E-state index contributed by atoms with van der Waals surface area (Å²) in [6.07, 6.45) is 4.54. The molecule has 0 amide bonds. The Morgan fingerprint density at radius 1 is 1.50 bits per heavy atom. The van der Waals surface area contributed by atoms with E-state index < -0.39 is 5.60 Å². The molecule has 2 rings (SSSR count). The molecule has 0 spiro atoms. The highest BCUT2D eigenvalue weighted by atomic mass is 16.5. The number of aryl methyl sites for hydroxylation is 1. The van der Waals surface area contributed by atoms with Gasteiger partial charge >= 0.3 is 0 Å². The van der Waals surface area contributed by atoms with Crippen LogP contribution in [0.5, 0.6) is 0 Å². The monoisotopic (exact) mass is 225 g/mol. The van der Waals surface area contributed by atoms with Crippen molar-refractivity contribution in [1.82, 2.24) is 14.8 Å². The zero-order chi connectivity index (χ0) is 11.4. The van der Waals surface area contributed by atoms with Crippen molar-refractivity contribution in [1.29, 1.82) is 0 Å². The smallest absolute Gasteiger partial charge is 0.138 e. The summed E-state index contributed by atoms with van der Waals surface area (Å²) in [5.41, 5.74) is -0.656. The summed E-state index contributed by atoms with van der Waals surface area (Å²) < 4.78 is 7.14. The maximum Gasteiger partial charge on any atom is 0.138 e. The minimum Gasteiger partial charge on any atom is -0.389 e. The van der Waals surface area contributed by atoms with Crippen molar-refractivity contribution in [3.63, 3.8) is 0 Å². The fourth-order valence-corrected chi connectivity index (χ4v) is 2.05. The van der Waals surface area contributed by atoms with E-state index in [-0.39, 0.29) is 0 Å². The molecule has 0 saturated carbocycles. The molecule has 1 fully saturated rings. The van der Waals surface area contributed by atoms with Crippen LogP contribution in [-0.4, -0.2) is 38.7 Å². The molecule has 0 aliphatic carbocycles. The summed E-state index contributed by atoms with van der Waals surface area (Å²) in [6.45, 7) is 4.24. The number of rotatable bonds is 4. The number of aliphatic hydroxyl groups is 1. The van der Waals surface area contributed by atoms with Gasteiger partial charge in [-0.05, 0) is 6.42 Å². The highest BCUT2D eigenvalue weighted by Crippen LogP contribution is 2.24. The van der Waals surface area contributed by atoms with Crippen LogP contribution in [0, 0.1) is 0 Å². The summed E-state index contributed by atoms with van der Waals surface area (Å²) in [4.78, 5) is 4.23. The zero-order valence-corrected chi connectivity index (χ0v) is 9.72. The molecular formula is C11H19N3O2. The topological polar surface area (TPSA) is 60.2 Å². The first kappa shape index (κ1) is 11.5. The molecule has 5 heteroatoms. The van der Waals surface area contributed by atoms with Crippen LogP contribution in [0.15, 0.2) is 6.33 Å². The number of hydrogen-bond donors (Lipinski definition) is 1. The van der Waals surface area contributed by atoms with Crippen molar-refractivity contribution in [3.05, 3.63) is 12.2 Å². The highest BCUT2D eigenvalue weighted by molar-refractivity contribution is 4.95. The van der Waals surface area contributed by atoms with Gasteiger partial charge in [-0.3, -0.25) is 4.68 Å². The molecule has 0 bridgehead atoms. The Bertz CT molecular complexity index is 332. The third kappa shape index (κ3) is 2.59. The van der Waals surface area contributed by atoms with Crippen LogP contribution in [0.4, 0.5) is 0 Å². The van der Waals surface area contributed by atoms with Crippen LogP contribution in [0.1, 0.15) is 32.0 Å². The molecule has 0 unspecified atom stereocenters. The predicted molar refractivity (Wildman–Crippen MR) is 59.0 cm³/mol. The number of nitrogens with zero attached hydrogens (tertiary/aromatic N) is 3. The third-order valence-corrected chi connectivity index (χ3v) is 3.04. The van der Waals surface area contributed by atoms with Crippen molar-refractivity contribution in [3.8, 4) is 0 Å². The van der Waals surface area contributed by atoms with Gasteiger partial charge in [0.1, 0.15) is 12.2 Å². The normalized spacial score (nSPS) is 19.9. The van der Waals surface area contributed by atoms with Gasteiger partial charge < -0.3 is 9.84 Å². The third-order valence-electron chi connectivity index (χ3n) is 3.04. The highest BCUT2D eigenvalue weighted by Gasteiger charge is 2.31. The lowest BCUT2D eigenvalue weighted by Gasteiger charge is -2.31. The van der Waals surface area contributed by atoms with Crippen LogP contribution in [-0.2, 0) is 17.7 Å². The molecule has 16 heavy (non-hydrogen) atoms. The Morgan fingerprint density at radius 3 is 2.94 bits per heavy atom. The van der Waals surface area contributed by atoms with E-state index in [0.717, 1.165) is 18.8 Å². The lowest BCUT2D eigenvalue weighted by molar-refractivity contribution is -0.0641. The summed E-state index contributed by atoms with van der Waals surface area (Å²) in [7, 11) is 0. The minimum absolute atomic E-state index is 0.580. The standard InChI is InChI=1S/C11H19N3O2/c1-2-5-14-10(12-9-13-14)8-11(15)3-6-16-7-4-11/h9,15H,2-8H2,1H3. The van der Waals surface area contributed by atoms with Gasteiger partial charge in [0.05, 0.1) is 5.60 Å². The van der Waals surface area contributed by atoms with Gasteiger partial charge in [-0.1, -0.05) is 6.92 Å². The van der Waals surface area contributed by atoms with Crippen molar-refractivity contribution in [2.75, 3.05) is 13.2 Å². The average Bonchev–Trinajstić information content (AvgIpc) is 2.67. The first-order valence-electron chi connectivity index (χ1n) is 5.90. The first-order valence-corrected chi connectivity index (χ1v) is 5.90. The second-order valence-electron chi connectivity index (χ2n) is 4.41. The van der Waals surface area contributed by atoms with Gasteiger partial charge in [0.2, 0.25) is 0 Å². The van der Waals surface area contributed by atoms with E-state index >= 15 is 0 Å². The summed E-state index contributed by atoms with van der Waals surface area (Å²) >= 11 is 0. The molecule has 0 radical (unpaired) electrons. The molecule has 1 aromatic rings. The molecule has 1 aliphatic heterocycles. The Kier molecular flexibility index (Phi) is 3.56. The van der Waals surface area contributed by atoms with Crippen LogP contribution in [0.25, 0.3) is 0 Å². The Balaban J connectivity index is 2.04. The fourth-order valence-electron chi connectivity index (χ4n) is 2.05. The maximum atomic E-state index is 10.4. The van der Waals surface area contributed by atoms with Crippen molar-refractivity contribution >= 4 is 0 Å². The van der Waals surface area contributed by atoms with Gasteiger partial charge in [0, 0.05) is 39.0 Å². The van der Waals surface area contributed by atoms with Crippen LogP contribution >= 0.6 is 0 Å². The second-order valence-corrected chi connectivity index (χ2v) is 4.41. The van der Waals surface area contributed by atoms with Gasteiger partial charge in [-0.15, -0.1) is 0 Å². The molecule has 1 saturated heterocycles. The van der Waals surface area contributed by atoms with Gasteiger partial charge in [0.15, 0.2) is 0 Å². The first-order chi connectivity index (χ1) is 7.73. The molecular weight excluding hydrogens is 206 g/mol. The fraction of sp³-hybridized carbons (Fsp3) is 0.818. The van der Waals surface area contributed by atoms with Crippen LogP contribution < -0.4 is 0 Å². The van der Waals surface area contributed by atoms with E-state index in [1.54, 1.807) is 6.33 Å². The second kappa shape index (κ2) is 4.93. The molecule has 0 aromatic carbocycles. The lowest BCUT2D eigenvalue weighted by Crippen LogP contribution is -2.39. The van der Waals surface area contributed by atoms with E-state index in [1.165, 1.54) is 0 Å². The molecule has 90 valence electrons. The van der Waals surface area contributed by atoms with Crippen LogP contribution in [0.3, 0.4) is 0 Å². The Hall–Kier alpha value is -0.940. The Morgan fingerprint density at radius 2 is 2.25 bits per heavy atom. The van der Waals surface area contributed by atoms with E-state index in [1.807, 2.05) is 4.68 Å². The minimum atomic E-state index is -0.656. The zero-order valence-electron chi connectivity index (χ0n) is 9.72. The Labute approximate surface area is 95.4 Å². The molecule has 0 atom stereocenters. The maximum absolute atomic E-state index is 10.4. The molecule has 1 aliphatic rings. The van der Waals surface area contributed by atoms with E-state index in [9.17, 15) is 5.11 Å². The number of hydrogen-bond acceptors (Lipinski definition) is 4. The average molecular weight is 225 g/mol. The van der Waals surface area contributed by atoms with E-state index in [2.05, 4.69) is 17.0 Å². The summed E-state index contributed by atoms with van der Waals surface area (Å²) in [6, 6.07) is 0. The quantitative estimate of drug-likeness (QED) is 0.822. The molecule has 5 nitrogen and oxygen atoms in total. The van der Waals surface area contributed by atoms with Gasteiger partial charge in [0.25, 0.3) is 0 Å². The van der Waals surface area contributed by atoms with Crippen molar-refractivity contribution in [2.45, 2.75) is 44.8 Å². The van der Waals surface area contributed by atoms with Crippen LogP contribution in [0.2, 0.25) is 0 Å². The predicted octanol–water partition coefficient (Wildman–Crippen LogP) is 0.772. The van der Waals surface area contributed by atoms with Gasteiger partial charge in [-0.25, -0.2) is 4.98 Å². The van der Waals surface area contributed by atoms with E-state index in [4.69, 9.17) is 4.74 Å². The SMILES string of the molecule is CCCn1ncnc1CC1(O)CCOCC1.